The molecule has 1 aromatic carbocycles. The summed E-state index contributed by atoms with van der Waals surface area (Å²) in [6.45, 7) is 0. The largest absolute Gasteiger partial charge is 0.481 e. The van der Waals surface area contributed by atoms with Gasteiger partial charge in [-0.2, -0.15) is 0 Å². The second kappa shape index (κ2) is 7.45. The Morgan fingerprint density at radius 1 is 1.29 bits per heavy atom. The van der Waals surface area contributed by atoms with Gasteiger partial charge in [0.25, 0.3) is 0 Å². The fraction of sp³-hybridized carbons (Fsp3) is 0.467. The SMILES string of the molecule is O=C(CSc1ccccc1F)N[C@@H]1CCCC[C@@H]1C(=O)O. The van der Waals surface area contributed by atoms with Crippen LogP contribution in [0.2, 0.25) is 0 Å². The van der Waals surface area contributed by atoms with Crippen molar-refractivity contribution in [3.05, 3.63) is 30.1 Å². The Balaban J connectivity index is 1.86. The van der Waals surface area contributed by atoms with E-state index in [4.69, 9.17) is 5.11 Å². The molecule has 0 unspecified atom stereocenters. The lowest BCUT2D eigenvalue weighted by atomic mass is 9.84. The number of hydrogen-bond acceptors (Lipinski definition) is 3. The first-order chi connectivity index (χ1) is 10.1. The topological polar surface area (TPSA) is 66.4 Å². The number of carboxylic acids is 1. The second-order valence-corrected chi connectivity index (χ2v) is 6.14. The third kappa shape index (κ3) is 4.46. The van der Waals surface area contributed by atoms with Gasteiger partial charge in [-0.1, -0.05) is 25.0 Å². The Hall–Kier alpha value is -1.56. The zero-order valence-electron chi connectivity index (χ0n) is 11.5. The van der Waals surface area contributed by atoms with E-state index in [0.717, 1.165) is 24.6 Å². The summed E-state index contributed by atoms with van der Waals surface area (Å²) in [5.74, 6) is -1.88. The summed E-state index contributed by atoms with van der Waals surface area (Å²) in [6, 6.07) is 5.96. The maximum atomic E-state index is 13.4. The number of aliphatic carboxylic acids is 1. The summed E-state index contributed by atoms with van der Waals surface area (Å²) >= 11 is 1.12. The molecule has 1 saturated carbocycles. The Bertz CT molecular complexity index is 523. The van der Waals surface area contributed by atoms with Crippen LogP contribution in [-0.2, 0) is 9.59 Å². The molecule has 1 amide bonds. The van der Waals surface area contributed by atoms with Gasteiger partial charge in [-0.3, -0.25) is 9.59 Å². The first-order valence-electron chi connectivity index (χ1n) is 6.97. The molecule has 6 heteroatoms. The lowest BCUT2D eigenvalue weighted by Crippen LogP contribution is -2.45. The van der Waals surface area contributed by atoms with Crippen LogP contribution in [0.15, 0.2) is 29.2 Å². The fourth-order valence-electron chi connectivity index (χ4n) is 2.55. The van der Waals surface area contributed by atoms with E-state index in [1.807, 2.05) is 0 Å². The molecule has 0 saturated heterocycles. The van der Waals surface area contributed by atoms with Gasteiger partial charge in [0.05, 0.1) is 11.7 Å². The summed E-state index contributed by atoms with van der Waals surface area (Å²) in [4.78, 5) is 23.5. The van der Waals surface area contributed by atoms with E-state index in [1.165, 1.54) is 6.07 Å². The highest BCUT2D eigenvalue weighted by Crippen LogP contribution is 2.25. The number of benzene rings is 1. The van der Waals surface area contributed by atoms with Crippen molar-refractivity contribution in [1.82, 2.24) is 5.32 Å². The summed E-state index contributed by atoms with van der Waals surface area (Å²) < 4.78 is 13.4. The highest BCUT2D eigenvalue weighted by atomic mass is 32.2. The molecule has 0 aliphatic heterocycles. The first kappa shape index (κ1) is 15.8. The molecule has 4 nitrogen and oxygen atoms in total. The van der Waals surface area contributed by atoms with Crippen molar-refractivity contribution >= 4 is 23.6 Å². The molecule has 2 N–H and O–H groups in total. The van der Waals surface area contributed by atoms with Crippen LogP contribution in [0.3, 0.4) is 0 Å². The molecule has 2 atom stereocenters. The van der Waals surface area contributed by atoms with Crippen molar-refractivity contribution in [2.75, 3.05) is 5.75 Å². The molecule has 1 fully saturated rings. The van der Waals surface area contributed by atoms with Crippen molar-refractivity contribution in [1.29, 1.82) is 0 Å². The second-order valence-electron chi connectivity index (χ2n) is 5.12. The van der Waals surface area contributed by atoms with Gasteiger partial charge in [-0.25, -0.2) is 4.39 Å². The van der Waals surface area contributed by atoms with Gasteiger partial charge >= 0.3 is 5.97 Å². The fourth-order valence-corrected chi connectivity index (χ4v) is 3.30. The minimum atomic E-state index is -0.859. The number of thioether (sulfide) groups is 1. The number of carbonyl (C=O) groups excluding carboxylic acids is 1. The average molecular weight is 311 g/mol. The van der Waals surface area contributed by atoms with Crippen LogP contribution in [0.5, 0.6) is 0 Å². The smallest absolute Gasteiger partial charge is 0.308 e. The number of hydrogen-bond donors (Lipinski definition) is 2. The lowest BCUT2D eigenvalue weighted by Gasteiger charge is -2.29. The van der Waals surface area contributed by atoms with Crippen LogP contribution in [-0.4, -0.2) is 28.8 Å². The van der Waals surface area contributed by atoms with E-state index in [2.05, 4.69) is 5.32 Å². The molecular formula is C15H18FNO3S. The Morgan fingerprint density at radius 2 is 2.00 bits per heavy atom. The van der Waals surface area contributed by atoms with E-state index in [-0.39, 0.29) is 23.5 Å². The number of carboxylic acid groups (broad SMARTS) is 1. The van der Waals surface area contributed by atoms with Crippen LogP contribution < -0.4 is 5.32 Å². The molecule has 1 aromatic rings. The molecule has 0 spiro atoms. The quantitative estimate of drug-likeness (QED) is 0.821. The molecule has 21 heavy (non-hydrogen) atoms. The van der Waals surface area contributed by atoms with Crippen LogP contribution in [0.4, 0.5) is 4.39 Å². The van der Waals surface area contributed by atoms with Gasteiger partial charge < -0.3 is 10.4 Å². The van der Waals surface area contributed by atoms with Crippen LogP contribution in [0.25, 0.3) is 0 Å². The number of amides is 1. The standard InChI is InChI=1S/C15H18FNO3S/c16-11-6-2-4-8-13(11)21-9-14(18)17-12-7-3-1-5-10(12)15(19)20/h2,4,6,8,10,12H,1,3,5,7,9H2,(H,17,18)(H,19,20)/t10-,12+/m0/s1. The number of nitrogens with one attached hydrogen (secondary N) is 1. The van der Waals surface area contributed by atoms with Crippen LogP contribution in [0, 0.1) is 11.7 Å². The number of carbonyl (C=O) groups is 2. The molecule has 0 aromatic heterocycles. The molecule has 2 rings (SSSR count). The number of rotatable bonds is 5. The van der Waals surface area contributed by atoms with Crippen molar-refractivity contribution in [2.24, 2.45) is 5.92 Å². The maximum absolute atomic E-state index is 13.4. The molecule has 0 bridgehead atoms. The summed E-state index contributed by atoms with van der Waals surface area (Å²) in [5.41, 5.74) is 0. The Labute approximate surface area is 127 Å². The van der Waals surface area contributed by atoms with E-state index in [0.29, 0.717) is 17.7 Å². The molecule has 114 valence electrons. The lowest BCUT2D eigenvalue weighted by molar-refractivity contribution is -0.144. The summed E-state index contributed by atoms with van der Waals surface area (Å²) in [7, 11) is 0. The van der Waals surface area contributed by atoms with E-state index in [9.17, 15) is 14.0 Å². The molecule has 1 aliphatic carbocycles. The predicted molar refractivity (Wildman–Crippen MR) is 78.6 cm³/mol. The summed E-state index contributed by atoms with van der Waals surface area (Å²) in [5, 5.41) is 11.9. The highest BCUT2D eigenvalue weighted by Gasteiger charge is 2.31. The van der Waals surface area contributed by atoms with Gasteiger partial charge in [-0.05, 0) is 25.0 Å². The third-order valence-corrected chi connectivity index (χ3v) is 4.67. The minimum absolute atomic E-state index is 0.0871. The zero-order valence-corrected chi connectivity index (χ0v) is 12.4. The van der Waals surface area contributed by atoms with Gasteiger partial charge in [0, 0.05) is 10.9 Å². The van der Waals surface area contributed by atoms with Crippen molar-refractivity contribution in [3.8, 4) is 0 Å². The van der Waals surface area contributed by atoms with Gasteiger partial charge in [0.15, 0.2) is 0 Å². The van der Waals surface area contributed by atoms with E-state index < -0.39 is 11.9 Å². The van der Waals surface area contributed by atoms with Crippen LogP contribution in [0.1, 0.15) is 25.7 Å². The number of halogens is 1. The third-order valence-electron chi connectivity index (χ3n) is 3.62. The summed E-state index contributed by atoms with van der Waals surface area (Å²) in [6.07, 6.45) is 3.09. The van der Waals surface area contributed by atoms with Gasteiger partial charge in [0.1, 0.15) is 5.82 Å². The van der Waals surface area contributed by atoms with Crippen LogP contribution >= 0.6 is 11.8 Å². The molecular weight excluding hydrogens is 293 g/mol. The van der Waals surface area contributed by atoms with Crippen molar-refractivity contribution in [3.63, 3.8) is 0 Å². The Kier molecular flexibility index (Phi) is 5.61. The zero-order chi connectivity index (χ0) is 15.2. The molecule has 0 heterocycles. The predicted octanol–water partition coefficient (Wildman–Crippen LogP) is 2.68. The average Bonchev–Trinajstić information content (AvgIpc) is 2.47. The monoisotopic (exact) mass is 311 g/mol. The van der Waals surface area contributed by atoms with E-state index >= 15 is 0 Å². The van der Waals surface area contributed by atoms with Gasteiger partial charge in [0.2, 0.25) is 5.91 Å². The van der Waals surface area contributed by atoms with Crippen molar-refractivity contribution < 1.29 is 19.1 Å². The van der Waals surface area contributed by atoms with Gasteiger partial charge in [-0.15, -0.1) is 11.8 Å². The van der Waals surface area contributed by atoms with Crippen molar-refractivity contribution in [2.45, 2.75) is 36.6 Å². The first-order valence-corrected chi connectivity index (χ1v) is 7.96. The normalized spacial score (nSPS) is 21.8. The highest BCUT2D eigenvalue weighted by molar-refractivity contribution is 8.00. The van der Waals surface area contributed by atoms with E-state index in [1.54, 1.807) is 18.2 Å². The minimum Gasteiger partial charge on any atom is -0.481 e. The molecule has 0 radical (unpaired) electrons. The molecule has 1 aliphatic rings. The Morgan fingerprint density at radius 3 is 2.71 bits per heavy atom. The maximum Gasteiger partial charge on any atom is 0.308 e.